The average Bonchev–Trinajstić information content (AvgIpc) is 2.59. The van der Waals surface area contributed by atoms with Crippen molar-refractivity contribution in [2.24, 2.45) is 0 Å². The molecule has 1 N–H and O–H groups in total. The van der Waals surface area contributed by atoms with Crippen LogP contribution in [0.25, 0.3) is 0 Å². The third-order valence-corrected chi connectivity index (χ3v) is 3.51. The Kier molecular flexibility index (Phi) is 5.81. The molecule has 0 heterocycles. The van der Waals surface area contributed by atoms with Gasteiger partial charge in [-0.2, -0.15) is 13.2 Å². The van der Waals surface area contributed by atoms with E-state index >= 15 is 0 Å². The van der Waals surface area contributed by atoms with Crippen LogP contribution in [0.1, 0.15) is 24.1 Å². The molecule has 26 heavy (non-hydrogen) atoms. The number of amides is 1. The Bertz CT molecular complexity index is 791. The Morgan fingerprint density at radius 2 is 1.88 bits per heavy atom. The van der Waals surface area contributed by atoms with Crippen LogP contribution in [0.15, 0.2) is 48.5 Å². The first-order valence-electron chi connectivity index (χ1n) is 7.50. The van der Waals surface area contributed by atoms with Crippen molar-refractivity contribution in [1.82, 2.24) is 5.32 Å². The van der Waals surface area contributed by atoms with Crippen LogP contribution >= 0.6 is 0 Å². The van der Waals surface area contributed by atoms with Crippen molar-refractivity contribution in [3.63, 3.8) is 0 Å². The molecule has 0 saturated carbocycles. The largest absolute Gasteiger partial charge is 0.484 e. The Morgan fingerprint density at radius 1 is 1.23 bits per heavy atom. The smallest absolute Gasteiger partial charge is 0.416 e. The van der Waals surface area contributed by atoms with E-state index in [0.717, 1.165) is 12.1 Å². The van der Waals surface area contributed by atoms with E-state index in [-0.39, 0.29) is 18.0 Å². The third-order valence-electron chi connectivity index (χ3n) is 3.51. The molecule has 0 aliphatic carbocycles. The standard InChI is InChI=1S/C17H15F3N2O4/c1-11(12-5-7-13(8-6-12)17(18,19)20)21-16(23)10-26-15-4-2-3-14(9-15)22(24)25/h2-9,11H,10H2,1H3,(H,21,23). The number of nitrogens with zero attached hydrogens (tertiary/aromatic N) is 1. The van der Waals surface area contributed by atoms with Gasteiger partial charge in [-0.25, -0.2) is 0 Å². The van der Waals surface area contributed by atoms with Crippen molar-refractivity contribution >= 4 is 11.6 Å². The van der Waals surface area contributed by atoms with Gasteiger partial charge < -0.3 is 10.1 Å². The molecule has 0 fully saturated rings. The van der Waals surface area contributed by atoms with Gasteiger partial charge in [-0.1, -0.05) is 18.2 Å². The summed E-state index contributed by atoms with van der Waals surface area (Å²) in [7, 11) is 0. The maximum atomic E-state index is 12.5. The number of nitrogens with one attached hydrogen (secondary N) is 1. The summed E-state index contributed by atoms with van der Waals surface area (Å²) < 4.78 is 42.8. The lowest BCUT2D eigenvalue weighted by Crippen LogP contribution is -2.31. The molecule has 0 spiro atoms. The molecule has 9 heteroatoms. The van der Waals surface area contributed by atoms with Crippen molar-refractivity contribution in [3.8, 4) is 5.75 Å². The second-order valence-electron chi connectivity index (χ2n) is 5.45. The quantitative estimate of drug-likeness (QED) is 0.620. The van der Waals surface area contributed by atoms with Gasteiger partial charge in [-0.15, -0.1) is 0 Å². The summed E-state index contributed by atoms with van der Waals surface area (Å²) in [6.45, 7) is 1.24. The molecule has 138 valence electrons. The summed E-state index contributed by atoms with van der Waals surface area (Å²) in [4.78, 5) is 22.0. The molecule has 0 radical (unpaired) electrons. The van der Waals surface area contributed by atoms with Gasteiger partial charge in [-0.3, -0.25) is 14.9 Å². The number of nitro groups is 1. The number of halogens is 3. The summed E-state index contributed by atoms with van der Waals surface area (Å²) >= 11 is 0. The van der Waals surface area contributed by atoms with E-state index in [4.69, 9.17) is 4.74 Å². The Morgan fingerprint density at radius 3 is 2.46 bits per heavy atom. The highest BCUT2D eigenvalue weighted by Crippen LogP contribution is 2.29. The van der Waals surface area contributed by atoms with Crippen LogP contribution in [-0.2, 0) is 11.0 Å². The van der Waals surface area contributed by atoms with Crippen LogP contribution in [0.3, 0.4) is 0 Å². The second-order valence-corrected chi connectivity index (χ2v) is 5.45. The van der Waals surface area contributed by atoms with Crippen LogP contribution in [-0.4, -0.2) is 17.4 Å². The summed E-state index contributed by atoms with van der Waals surface area (Å²) in [5.74, 6) is -0.347. The number of non-ortho nitro benzene ring substituents is 1. The predicted molar refractivity (Wildman–Crippen MR) is 86.6 cm³/mol. The lowest BCUT2D eigenvalue weighted by Gasteiger charge is -2.15. The van der Waals surface area contributed by atoms with Gasteiger partial charge in [0.05, 0.1) is 22.6 Å². The molecular weight excluding hydrogens is 353 g/mol. The molecule has 0 aliphatic heterocycles. The molecule has 2 aromatic rings. The van der Waals surface area contributed by atoms with E-state index in [1.54, 1.807) is 6.92 Å². The first kappa shape index (κ1) is 19.2. The fraction of sp³-hybridized carbons (Fsp3) is 0.235. The summed E-state index contributed by atoms with van der Waals surface area (Å²) in [5.41, 5.74) is -0.434. The molecule has 0 bridgehead atoms. The minimum Gasteiger partial charge on any atom is -0.484 e. The van der Waals surface area contributed by atoms with Crippen molar-refractivity contribution < 1.29 is 27.6 Å². The second kappa shape index (κ2) is 7.85. The van der Waals surface area contributed by atoms with Gasteiger partial charge in [0.25, 0.3) is 11.6 Å². The summed E-state index contributed by atoms with van der Waals surface area (Å²) in [6, 6.07) is 9.31. The van der Waals surface area contributed by atoms with E-state index in [1.807, 2.05) is 0 Å². The van der Waals surface area contributed by atoms with Gasteiger partial charge in [0.1, 0.15) is 5.75 Å². The van der Waals surface area contributed by atoms with Gasteiger partial charge in [0.15, 0.2) is 6.61 Å². The number of benzene rings is 2. The number of carbonyl (C=O) groups is 1. The zero-order valence-corrected chi connectivity index (χ0v) is 13.6. The molecule has 0 aromatic heterocycles. The van der Waals surface area contributed by atoms with Crippen LogP contribution in [0.5, 0.6) is 5.75 Å². The van der Waals surface area contributed by atoms with Crippen molar-refractivity contribution in [2.45, 2.75) is 19.1 Å². The Labute approximate surface area is 146 Å². The lowest BCUT2D eigenvalue weighted by atomic mass is 10.1. The highest BCUT2D eigenvalue weighted by atomic mass is 19.4. The lowest BCUT2D eigenvalue weighted by molar-refractivity contribution is -0.384. The number of alkyl halides is 3. The molecule has 2 rings (SSSR count). The minimum atomic E-state index is -4.42. The Hall–Kier alpha value is -3.10. The fourth-order valence-electron chi connectivity index (χ4n) is 2.16. The number of hydrogen-bond donors (Lipinski definition) is 1. The van der Waals surface area contributed by atoms with Gasteiger partial charge >= 0.3 is 6.18 Å². The number of ether oxygens (including phenoxy) is 1. The van der Waals surface area contributed by atoms with E-state index in [2.05, 4.69) is 5.32 Å². The third kappa shape index (κ3) is 5.20. The highest BCUT2D eigenvalue weighted by Gasteiger charge is 2.30. The fourth-order valence-corrected chi connectivity index (χ4v) is 2.16. The van der Waals surface area contributed by atoms with E-state index in [0.29, 0.717) is 5.56 Å². The molecular formula is C17H15F3N2O4. The number of hydrogen-bond acceptors (Lipinski definition) is 4. The molecule has 6 nitrogen and oxygen atoms in total. The Balaban J connectivity index is 1.91. The van der Waals surface area contributed by atoms with Gasteiger partial charge in [-0.05, 0) is 30.7 Å². The van der Waals surface area contributed by atoms with E-state index in [9.17, 15) is 28.1 Å². The van der Waals surface area contributed by atoms with Crippen LogP contribution in [0.2, 0.25) is 0 Å². The normalized spacial score (nSPS) is 12.3. The van der Waals surface area contributed by atoms with Crippen LogP contribution in [0, 0.1) is 10.1 Å². The molecule has 2 aromatic carbocycles. The van der Waals surface area contributed by atoms with Crippen molar-refractivity contribution in [2.75, 3.05) is 6.61 Å². The zero-order valence-electron chi connectivity index (χ0n) is 13.6. The van der Waals surface area contributed by atoms with Crippen LogP contribution in [0.4, 0.5) is 18.9 Å². The topological polar surface area (TPSA) is 81.5 Å². The van der Waals surface area contributed by atoms with Gasteiger partial charge in [0.2, 0.25) is 0 Å². The predicted octanol–water partition coefficient (Wildman–Crippen LogP) is 3.87. The highest BCUT2D eigenvalue weighted by molar-refractivity contribution is 5.78. The van der Waals surface area contributed by atoms with Crippen molar-refractivity contribution in [3.05, 3.63) is 69.8 Å². The van der Waals surface area contributed by atoms with Gasteiger partial charge in [0, 0.05) is 6.07 Å². The van der Waals surface area contributed by atoms with E-state index < -0.39 is 28.6 Å². The minimum absolute atomic E-state index is 0.163. The molecule has 1 amide bonds. The molecule has 0 aliphatic rings. The first-order valence-corrected chi connectivity index (χ1v) is 7.50. The number of carbonyl (C=O) groups excluding carboxylic acids is 1. The summed E-state index contributed by atoms with van der Waals surface area (Å²) in [6.07, 6.45) is -4.42. The first-order chi connectivity index (χ1) is 12.2. The molecule has 1 unspecified atom stereocenters. The molecule has 1 atom stereocenters. The number of rotatable bonds is 6. The average molecular weight is 368 g/mol. The zero-order chi connectivity index (χ0) is 19.3. The maximum absolute atomic E-state index is 12.5. The number of nitro benzene ring substituents is 1. The summed E-state index contributed by atoms with van der Waals surface area (Å²) in [5, 5.41) is 13.3. The monoisotopic (exact) mass is 368 g/mol. The maximum Gasteiger partial charge on any atom is 0.416 e. The van der Waals surface area contributed by atoms with E-state index in [1.165, 1.54) is 36.4 Å². The molecule has 0 saturated heterocycles. The SMILES string of the molecule is CC(NC(=O)COc1cccc([N+](=O)[O-])c1)c1ccc(C(F)(F)F)cc1. The van der Waals surface area contributed by atoms with Crippen molar-refractivity contribution in [1.29, 1.82) is 0 Å². The van der Waals surface area contributed by atoms with Crippen LogP contribution < -0.4 is 10.1 Å².